The van der Waals surface area contributed by atoms with Gasteiger partial charge in [0.1, 0.15) is 17.4 Å². The molecule has 2 rings (SSSR count). The summed E-state index contributed by atoms with van der Waals surface area (Å²) in [5.74, 6) is 0.213. The van der Waals surface area contributed by atoms with Crippen molar-refractivity contribution < 1.29 is 9.53 Å². The maximum absolute atomic E-state index is 12.4. The number of benzene rings is 2. The van der Waals surface area contributed by atoms with E-state index < -0.39 is 5.91 Å². The Hall–Kier alpha value is -2.42. The van der Waals surface area contributed by atoms with Crippen LogP contribution in [0, 0.1) is 18.3 Å². The molecule has 128 valence electrons. The zero-order chi connectivity index (χ0) is 18.4. The van der Waals surface area contributed by atoms with E-state index in [2.05, 4.69) is 5.32 Å². The van der Waals surface area contributed by atoms with Crippen LogP contribution in [0.5, 0.6) is 5.75 Å². The molecule has 0 fully saturated rings. The summed E-state index contributed by atoms with van der Waals surface area (Å²) < 4.78 is 5.33. The molecule has 0 heterocycles. The van der Waals surface area contributed by atoms with Crippen molar-refractivity contribution in [3.05, 3.63) is 58.1 Å². The number of amides is 1. The second kappa shape index (κ2) is 8.61. The van der Waals surface area contributed by atoms with Gasteiger partial charge in [-0.2, -0.15) is 5.26 Å². The summed E-state index contributed by atoms with van der Waals surface area (Å²) in [6.45, 7) is 1.81. The Kier molecular flexibility index (Phi) is 6.51. The zero-order valence-corrected chi connectivity index (χ0v) is 15.7. The van der Waals surface area contributed by atoms with Crippen LogP contribution in [0.4, 0.5) is 5.69 Å². The summed E-state index contributed by atoms with van der Waals surface area (Å²) >= 11 is 7.62. The van der Waals surface area contributed by atoms with Crippen LogP contribution in [0.15, 0.2) is 46.9 Å². The quantitative estimate of drug-likeness (QED) is 0.459. The molecule has 2 aromatic rings. The minimum Gasteiger partial charge on any atom is -0.496 e. The van der Waals surface area contributed by atoms with Gasteiger partial charge in [-0.3, -0.25) is 4.79 Å². The Labute approximate surface area is 156 Å². The van der Waals surface area contributed by atoms with Gasteiger partial charge >= 0.3 is 0 Å². The van der Waals surface area contributed by atoms with Crippen LogP contribution in [0.1, 0.15) is 11.1 Å². The third-order valence-corrected chi connectivity index (χ3v) is 4.79. The first-order valence-corrected chi connectivity index (χ1v) is 9.00. The van der Waals surface area contributed by atoms with Crippen molar-refractivity contribution in [3.63, 3.8) is 0 Å². The fraction of sp³-hybridized carbons (Fsp3) is 0.158. The van der Waals surface area contributed by atoms with Gasteiger partial charge in [0.2, 0.25) is 0 Å². The number of carbonyl (C=O) groups excluding carboxylic acids is 1. The van der Waals surface area contributed by atoms with Crippen LogP contribution < -0.4 is 10.1 Å². The summed E-state index contributed by atoms with van der Waals surface area (Å²) in [6, 6.07) is 12.7. The minimum absolute atomic E-state index is 0.00155. The standard InChI is InChI=1S/C19H17ClN2O2S/c1-12-15(20)5-4-6-16(12)22-19(23)14(11-21)9-13-7-8-18(25-3)17(10-13)24-2/h4-10H,1-3H3,(H,22,23). The average molecular weight is 373 g/mol. The number of hydrogen-bond donors (Lipinski definition) is 1. The number of hydrogen-bond acceptors (Lipinski definition) is 4. The Morgan fingerprint density at radius 2 is 2.12 bits per heavy atom. The zero-order valence-electron chi connectivity index (χ0n) is 14.1. The third-order valence-electron chi connectivity index (χ3n) is 3.60. The monoisotopic (exact) mass is 372 g/mol. The molecule has 0 saturated carbocycles. The highest BCUT2D eigenvalue weighted by atomic mass is 35.5. The second-order valence-corrected chi connectivity index (χ2v) is 6.41. The molecule has 0 unspecified atom stereocenters. The summed E-state index contributed by atoms with van der Waals surface area (Å²) in [7, 11) is 1.59. The van der Waals surface area contributed by atoms with Crippen molar-refractivity contribution in [2.75, 3.05) is 18.7 Å². The molecule has 0 aromatic heterocycles. The lowest BCUT2D eigenvalue weighted by Gasteiger charge is -2.09. The van der Waals surface area contributed by atoms with E-state index in [4.69, 9.17) is 16.3 Å². The van der Waals surface area contributed by atoms with Gasteiger partial charge in [-0.25, -0.2) is 0 Å². The lowest BCUT2D eigenvalue weighted by Crippen LogP contribution is -2.14. The number of nitriles is 1. The Morgan fingerprint density at radius 3 is 2.76 bits per heavy atom. The number of anilines is 1. The molecule has 0 aliphatic heterocycles. The molecule has 1 amide bonds. The van der Waals surface area contributed by atoms with E-state index in [1.54, 1.807) is 50.1 Å². The maximum Gasteiger partial charge on any atom is 0.266 e. The highest BCUT2D eigenvalue weighted by Gasteiger charge is 2.12. The molecule has 0 saturated heterocycles. The lowest BCUT2D eigenvalue weighted by atomic mass is 10.1. The molecule has 1 N–H and O–H groups in total. The normalized spacial score (nSPS) is 10.9. The van der Waals surface area contributed by atoms with Gasteiger partial charge in [0, 0.05) is 15.6 Å². The minimum atomic E-state index is -0.485. The van der Waals surface area contributed by atoms with Crippen LogP contribution in [0.2, 0.25) is 5.02 Å². The average Bonchev–Trinajstić information content (AvgIpc) is 2.63. The molecule has 0 atom stereocenters. The van der Waals surface area contributed by atoms with Gasteiger partial charge in [0.15, 0.2) is 0 Å². The molecule has 25 heavy (non-hydrogen) atoms. The molecular formula is C19H17ClN2O2S. The smallest absolute Gasteiger partial charge is 0.266 e. The van der Waals surface area contributed by atoms with Crippen LogP contribution in [0.3, 0.4) is 0 Å². The number of ether oxygens (including phenoxy) is 1. The maximum atomic E-state index is 12.4. The van der Waals surface area contributed by atoms with Crippen molar-refractivity contribution in [1.82, 2.24) is 0 Å². The van der Waals surface area contributed by atoms with Gasteiger partial charge in [0.25, 0.3) is 5.91 Å². The van der Waals surface area contributed by atoms with E-state index in [0.717, 1.165) is 10.5 Å². The number of nitrogens with one attached hydrogen (secondary N) is 1. The molecule has 0 aliphatic carbocycles. The summed E-state index contributed by atoms with van der Waals surface area (Å²) in [5, 5.41) is 12.6. The first-order valence-electron chi connectivity index (χ1n) is 7.40. The van der Waals surface area contributed by atoms with Crippen LogP contribution in [-0.4, -0.2) is 19.3 Å². The second-order valence-electron chi connectivity index (χ2n) is 5.15. The highest BCUT2D eigenvalue weighted by molar-refractivity contribution is 7.98. The van der Waals surface area contributed by atoms with Crippen molar-refractivity contribution in [3.8, 4) is 11.8 Å². The van der Waals surface area contributed by atoms with Gasteiger partial charge in [-0.15, -0.1) is 11.8 Å². The predicted molar refractivity (Wildman–Crippen MR) is 103 cm³/mol. The fourth-order valence-electron chi connectivity index (χ4n) is 2.19. The number of halogens is 1. The Bertz CT molecular complexity index is 872. The molecule has 0 bridgehead atoms. The number of thioether (sulfide) groups is 1. The summed E-state index contributed by atoms with van der Waals surface area (Å²) in [6.07, 6.45) is 3.48. The lowest BCUT2D eigenvalue weighted by molar-refractivity contribution is -0.112. The number of nitrogens with zero attached hydrogens (tertiary/aromatic N) is 1. The first kappa shape index (κ1) is 18.9. The van der Waals surface area contributed by atoms with Crippen LogP contribution >= 0.6 is 23.4 Å². The molecule has 0 radical (unpaired) electrons. The fourth-order valence-corrected chi connectivity index (χ4v) is 2.91. The van der Waals surface area contributed by atoms with Gasteiger partial charge in [-0.1, -0.05) is 23.7 Å². The summed E-state index contributed by atoms with van der Waals surface area (Å²) in [4.78, 5) is 13.4. The van der Waals surface area contributed by atoms with Gasteiger partial charge < -0.3 is 10.1 Å². The number of rotatable bonds is 5. The van der Waals surface area contributed by atoms with Crippen molar-refractivity contribution in [2.24, 2.45) is 0 Å². The van der Waals surface area contributed by atoms with E-state index in [1.165, 1.54) is 6.08 Å². The molecule has 2 aromatic carbocycles. The van der Waals surface area contributed by atoms with E-state index in [1.807, 2.05) is 24.5 Å². The molecule has 6 heteroatoms. The van der Waals surface area contributed by atoms with E-state index >= 15 is 0 Å². The van der Waals surface area contributed by atoms with Crippen LogP contribution in [0.25, 0.3) is 6.08 Å². The first-order chi connectivity index (χ1) is 12.0. The molecule has 0 spiro atoms. The van der Waals surface area contributed by atoms with Gasteiger partial charge in [0.05, 0.1) is 7.11 Å². The van der Waals surface area contributed by atoms with E-state index in [-0.39, 0.29) is 5.57 Å². The van der Waals surface area contributed by atoms with Crippen molar-refractivity contribution in [2.45, 2.75) is 11.8 Å². The molecular weight excluding hydrogens is 356 g/mol. The highest BCUT2D eigenvalue weighted by Crippen LogP contribution is 2.29. The molecule has 0 aliphatic rings. The van der Waals surface area contributed by atoms with Crippen molar-refractivity contribution >= 4 is 41.0 Å². The van der Waals surface area contributed by atoms with Gasteiger partial charge in [-0.05, 0) is 54.6 Å². The largest absolute Gasteiger partial charge is 0.496 e. The topological polar surface area (TPSA) is 62.1 Å². The van der Waals surface area contributed by atoms with E-state index in [0.29, 0.717) is 22.0 Å². The summed E-state index contributed by atoms with van der Waals surface area (Å²) in [5.41, 5.74) is 2.04. The number of methoxy groups -OCH3 is 1. The van der Waals surface area contributed by atoms with E-state index in [9.17, 15) is 10.1 Å². The Morgan fingerprint density at radius 1 is 1.36 bits per heavy atom. The predicted octanol–water partition coefficient (Wildman–Crippen LogP) is 4.92. The Balaban J connectivity index is 2.29. The van der Waals surface area contributed by atoms with Crippen molar-refractivity contribution in [1.29, 1.82) is 5.26 Å². The SMILES string of the molecule is COc1cc(C=C(C#N)C(=O)Nc2cccc(Cl)c2C)ccc1SC. The number of carbonyl (C=O) groups is 1. The van der Waals surface area contributed by atoms with Crippen LogP contribution in [-0.2, 0) is 4.79 Å². The molecule has 4 nitrogen and oxygen atoms in total. The third kappa shape index (κ3) is 4.56.